The van der Waals surface area contributed by atoms with Gasteiger partial charge < -0.3 is 4.90 Å². The molecule has 0 atom stereocenters. The molecule has 0 aromatic carbocycles. The summed E-state index contributed by atoms with van der Waals surface area (Å²) >= 11 is 0. The molecule has 70 valence electrons. The van der Waals surface area contributed by atoms with Crippen LogP contribution in [0.5, 0.6) is 0 Å². The molecule has 0 aliphatic heterocycles. The van der Waals surface area contributed by atoms with Crippen LogP contribution in [0.3, 0.4) is 0 Å². The Bertz CT molecular complexity index is 116. The molecule has 1 heteroatoms. The van der Waals surface area contributed by atoms with E-state index < -0.39 is 0 Å². The van der Waals surface area contributed by atoms with Gasteiger partial charge in [-0.25, -0.2) is 0 Å². The molecular weight excluding hydrogens is 146 g/mol. The summed E-state index contributed by atoms with van der Waals surface area (Å²) in [4.78, 5) is 2.38. The van der Waals surface area contributed by atoms with Crippen molar-refractivity contribution in [2.45, 2.75) is 27.2 Å². The summed E-state index contributed by atoms with van der Waals surface area (Å²) in [7, 11) is 0. The van der Waals surface area contributed by atoms with Crippen LogP contribution in [0.1, 0.15) is 27.2 Å². The number of allylic oxidation sites excluding steroid dienone is 4. The average molecular weight is 167 g/mol. The maximum Gasteiger partial charge on any atom is -0.00474 e. The van der Waals surface area contributed by atoms with Gasteiger partial charge in [0.05, 0.1) is 0 Å². The molecule has 0 aromatic rings. The Morgan fingerprint density at radius 2 is 1.33 bits per heavy atom. The Morgan fingerprint density at radius 1 is 0.917 bits per heavy atom. The third-order valence-corrected chi connectivity index (χ3v) is 2.00. The highest BCUT2D eigenvalue weighted by Gasteiger charge is 1.89. The highest BCUT2D eigenvalue weighted by Crippen LogP contribution is 1.93. The molecule has 0 bridgehead atoms. The van der Waals surface area contributed by atoms with Gasteiger partial charge in [-0.15, -0.1) is 0 Å². The van der Waals surface area contributed by atoms with Crippen molar-refractivity contribution in [3.8, 4) is 0 Å². The fourth-order valence-corrected chi connectivity index (χ4v) is 1.06. The van der Waals surface area contributed by atoms with Gasteiger partial charge in [-0.05, 0) is 26.1 Å². The third-order valence-electron chi connectivity index (χ3n) is 2.00. The number of rotatable bonds is 3. The van der Waals surface area contributed by atoms with E-state index in [0.717, 1.165) is 6.42 Å². The normalized spacial score (nSPS) is 13.3. The van der Waals surface area contributed by atoms with E-state index >= 15 is 0 Å². The van der Waals surface area contributed by atoms with E-state index in [9.17, 15) is 0 Å². The van der Waals surface area contributed by atoms with E-state index in [2.05, 4.69) is 50.0 Å². The van der Waals surface area contributed by atoms with Gasteiger partial charge in [-0.3, -0.25) is 0 Å². The first-order valence-electron chi connectivity index (χ1n) is 4.89. The summed E-state index contributed by atoms with van der Waals surface area (Å²) in [5.74, 6) is 0. The Morgan fingerprint density at radius 3 is 1.42 bits per heavy atom. The molecule has 1 aliphatic rings. The van der Waals surface area contributed by atoms with E-state index in [0.29, 0.717) is 0 Å². The Labute approximate surface area is 76.8 Å². The van der Waals surface area contributed by atoms with Gasteiger partial charge in [-0.1, -0.05) is 45.1 Å². The van der Waals surface area contributed by atoms with E-state index in [1.807, 2.05) is 0 Å². The molecule has 0 aromatic heterocycles. The van der Waals surface area contributed by atoms with Crippen molar-refractivity contribution in [1.82, 2.24) is 4.90 Å². The zero-order chi connectivity index (χ0) is 9.23. The second-order valence-electron chi connectivity index (χ2n) is 2.71. The van der Waals surface area contributed by atoms with Crippen LogP contribution in [0.25, 0.3) is 0 Å². The molecule has 0 saturated carbocycles. The van der Waals surface area contributed by atoms with Crippen molar-refractivity contribution in [3.63, 3.8) is 0 Å². The van der Waals surface area contributed by atoms with Gasteiger partial charge in [0.25, 0.3) is 0 Å². The monoisotopic (exact) mass is 167 g/mol. The van der Waals surface area contributed by atoms with Crippen molar-refractivity contribution in [2.75, 3.05) is 19.6 Å². The fourth-order valence-electron chi connectivity index (χ4n) is 1.06. The van der Waals surface area contributed by atoms with Crippen molar-refractivity contribution in [2.24, 2.45) is 0 Å². The Hall–Kier alpha value is -0.560. The van der Waals surface area contributed by atoms with Crippen molar-refractivity contribution >= 4 is 0 Å². The highest BCUT2D eigenvalue weighted by molar-refractivity contribution is 5.11. The van der Waals surface area contributed by atoms with Gasteiger partial charge in [-0.2, -0.15) is 0 Å². The molecular formula is C11H21N. The lowest BCUT2D eigenvalue weighted by Gasteiger charge is -2.13. The zero-order valence-electron chi connectivity index (χ0n) is 8.59. The number of hydrogen-bond acceptors (Lipinski definition) is 1. The molecule has 12 heavy (non-hydrogen) atoms. The van der Waals surface area contributed by atoms with E-state index in [4.69, 9.17) is 0 Å². The first-order chi connectivity index (χ1) is 5.85. The van der Waals surface area contributed by atoms with Gasteiger partial charge >= 0.3 is 0 Å². The van der Waals surface area contributed by atoms with Gasteiger partial charge in [0.2, 0.25) is 0 Å². The molecule has 0 N–H and O–H groups in total. The predicted molar refractivity (Wildman–Crippen MR) is 56.4 cm³/mol. The summed E-state index contributed by atoms with van der Waals surface area (Å²) in [5.41, 5.74) is 0. The van der Waals surface area contributed by atoms with E-state index in [1.165, 1.54) is 19.6 Å². The zero-order valence-corrected chi connectivity index (χ0v) is 8.59. The smallest absolute Gasteiger partial charge is 0.00474 e. The summed E-state index contributed by atoms with van der Waals surface area (Å²) in [6.45, 7) is 10.1. The molecule has 0 radical (unpaired) electrons. The summed E-state index contributed by atoms with van der Waals surface area (Å²) in [6, 6.07) is 0. The molecule has 0 unspecified atom stereocenters. The molecule has 1 rings (SSSR count). The van der Waals surface area contributed by atoms with Crippen LogP contribution in [0.2, 0.25) is 0 Å². The Balaban J connectivity index is 0.000000211. The number of nitrogens with zero attached hydrogens (tertiary/aromatic N) is 1. The largest absolute Gasteiger partial charge is 0.304 e. The quantitative estimate of drug-likeness (QED) is 0.624. The van der Waals surface area contributed by atoms with E-state index in [1.54, 1.807) is 0 Å². The topological polar surface area (TPSA) is 3.24 Å². The standard InChI is InChI=1S/C6H15N.C5H6/c1-4-7(5-2)6-3;1-2-4-5-3-1/h4-6H2,1-3H3;1-4H,5H2. The van der Waals surface area contributed by atoms with Crippen LogP contribution in [0, 0.1) is 0 Å². The van der Waals surface area contributed by atoms with Crippen LogP contribution in [0.4, 0.5) is 0 Å². The van der Waals surface area contributed by atoms with Crippen LogP contribution < -0.4 is 0 Å². The molecule has 0 heterocycles. The van der Waals surface area contributed by atoms with Crippen LogP contribution in [-0.2, 0) is 0 Å². The Kier molecular flexibility index (Phi) is 8.14. The lowest BCUT2D eigenvalue weighted by atomic mass is 10.5. The van der Waals surface area contributed by atoms with E-state index in [-0.39, 0.29) is 0 Å². The van der Waals surface area contributed by atoms with Crippen molar-refractivity contribution in [3.05, 3.63) is 24.3 Å². The second kappa shape index (κ2) is 8.54. The van der Waals surface area contributed by atoms with Crippen LogP contribution in [0.15, 0.2) is 24.3 Å². The maximum absolute atomic E-state index is 2.38. The van der Waals surface area contributed by atoms with Gasteiger partial charge in [0.1, 0.15) is 0 Å². The summed E-state index contributed by atoms with van der Waals surface area (Å²) < 4.78 is 0. The minimum absolute atomic E-state index is 1.14. The average Bonchev–Trinajstić information content (AvgIpc) is 2.64. The van der Waals surface area contributed by atoms with Crippen LogP contribution in [-0.4, -0.2) is 24.5 Å². The molecule has 1 aliphatic carbocycles. The third kappa shape index (κ3) is 6.17. The highest BCUT2D eigenvalue weighted by atomic mass is 15.1. The minimum atomic E-state index is 1.14. The maximum atomic E-state index is 2.38. The summed E-state index contributed by atoms with van der Waals surface area (Å²) in [6.07, 6.45) is 9.50. The molecule has 1 nitrogen and oxygen atoms in total. The van der Waals surface area contributed by atoms with Crippen molar-refractivity contribution < 1.29 is 0 Å². The minimum Gasteiger partial charge on any atom is -0.304 e. The van der Waals surface area contributed by atoms with Gasteiger partial charge in [0.15, 0.2) is 0 Å². The van der Waals surface area contributed by atoms with Gasteiger partial charge in [0, 0.05) is 0 Å². The number of hydrogen-bond donors (Lipinski definition) is 0. The SMILES string of the molecule is C1=CCC=C1.CCN(CC)CC. The lowest BCUT2D eigenvalue weighted by molar-refractivity contribution is 0.321. The molecule has 0 amide bonds. The van der Waals surface area contributed by atoms with Crippen molar-refractivity contribution in [1.29, 1.82) is 0 Å². The first-order valence-corrected chi connectivity index (χ1v) is 4.89. The lowest BCUT2D eigenvalue weighted by Crippen LogP contribution is -2.21. The first kappa shape index (κ1) is 11.4. The van der Waals surface area contributed by atoms with Crippen LogP contribution >= 0.6 is 0 Å². The molecule has 0 fully saturated rings. The molecule has 0 saturated heterocycles. The summed E-state index contributed by atoms with van der Waals surface area (Å²) in [5, 5.41) is 0. The second-order valence-corrected chi connectivity index (χ2v) is 2.71. The predicted octanol–water partition coefficient (Wildman–Crippen LogP) is 2.85. The fraction of sp³-hybridized carbons (Fsp3) is 0.636. The molecule has 0 spiro atoms.